The summed E-state index contributed by atoms with van der Waals surface area (Å²) < 4.78 is 14.0. The lowest BCUT2D eigenvalue weighted by atomic mass is 10.1. The lowest BCUT2D eigenvalue weighted by Gasteiger charge is -2.07. The van der Waals surface area contributed by atoms with Crippen LogP contribution in [0.3, 0.4) is 0 Å². The van der Waals surface area contributed by atoms with Crippen LogP contribution in [0.5, 0.6) is 0 Å². The van der Waals surface area contributed by atoms with Gasteiger partial charge in [0.05, 0.1) is 6.10 Å². The summed E-state index contributed by atoms with van der Waals surface area (Å²) in [5, 5.41) is 11.2. The third-order valence-corrected chi connectivity index (χ3v) is 4.30. The molecule has 0 aliphatic rings. The van der Waals surface area contributed by atoms with Crippen LogP contribution in [0.4, 0.5) is 4.39 Å². The Morgan fingerprint density at radius 3 is 2.63 bits per heavy atom. The molecule has 2 aromatic carbocycles. The predicted octanol–water partition coefficient (Wildman–Crippen LogP) is 4.32. The van der Waals surface area contributed by atoms with Crippen molar-refractivity contribution in [2.24, 2.45) is 0 Å². The lowest BCUT2D eigenvalue weighted by molar-refractivity contribution is 0.182. The van der Waals surface area contributed by atoms with Crippen LogP contribution in [0.1, 0.15) is 16.5 Å². The van der Waals surface area contributed by atoms with Gasteiger partial charge in [-0.1, -0.05) is 36.4 Å². The molecule has 0 amide bonds. The number of hydrogen-bond acceptors (Lipinski definition) is 2. The first kappa shape index (κ1) is 12.3. The van der Waals surface area contributed by atoms with E-state index in [4.69, 9.17) is 0 Å². The van der Waals surface area contributed by atoms with E-state index in [1.54, 1.807) is 6.07 Å². The van der Waals surface area contributed by atoms with Gasteiger partial charge in [-0.3, -0.25) is 0 Å². The second-order valence-corrected chi connectivity index (χ2v) is 5.65. The van der Waals surface area contributed by atoms with Gasteiger partial charge in [0.25, 0.3) is 0 Å². The number of rotatable bonds is 3. The van der Waals surface area contributed by atoms with Crippen LogP contribution in [0.15, 0.2) is 54.6 Å². The number of halogens is 1. The van der Waals surface area contributed by atoms with Gasteiger partial charge < -0.3 is 5.11 Å². The summed E-state index contributed by atoms with van der Waals surface area (Å²) in [7, 11) is 0. The average Bonchev–Trinajstić information content (AvgIpc) is 2.83. The van der Waals surface area contributed by atoms with Gasteiger partial charge in [-0.25, -0.2) is 4.39 Å². The zero-order valence-corrected chi connectivity index (χ0v) is 11.0. The zero-order chi connectivity index (χ0) is 13.2. The predicted molar refractivity (Wildman–Crippen MR) is 76.9 cm³/mol. The summed E-state index contributed by atoms with van der Waals surface area (Å²) in [6.45, 7) is 0. The molecule has 0 saturated heterocycles. The first-order chi connectivity index (χ1) is 9.22. The van der Waals surface area contributed by atoms with Gasteiger partial charge in [0.1, 0.15) is 5.82 Å². The van der Waals surface area contributed by atoms with Crippen molar-refractivity contribution in [1.29, 1.82) is 0 Å². The molecule has 96 valence electrons. The van der Waals surface area contributed by atoms with Gasteiger partial charge in [-0.05, 0) is 29.1 Å². The molecule has 0 saturated carbocycles. The number of benzene rings is 2. The minimum Gasteiger partial charge on any atom is -0.387 e. The zero-order valence-electron chi connectivity index (χ0n) is 10.2. The maximum atomic E-state index is 13.1. The van der Waals surface area contributed by atoms with Gasteiger partial charge in [0.2, 0.25) is 0 Å². The molecular weight excluding hydrogens is 259 g/mol. The highest BCUT2D eigenvalue weighted by Gasteiger charge is 2.12. The molecule has 1 N–H and O–H groups in total. The number of aliphatic hydroxyl groups excluding tert-OH is 1. The van der Waals surface area contributed by atoms with Crippen LogP contribution >= 0.6 is 11.3 Å². The molecule has 1 atom stereocenters. The van der Waals surface area contributed by atoms with Crippen LogP contribution in [-0.2, 0) is 6.42 Å². The molecule has 0 aliphatic carbocycles. The lowest BCUT2D eigenvalue weighted by Crippen LogP contribution is -1.98. The Hall–Kier alpha value is -1.71. The van der Waals surface area contributed by atoms with E-state index < -0.39 is 6.10 Å². The smallest absolute Gasteiger partial charge is 0.124 e. The maximum Gasteiger partial charge on any atom is 0.124 e. The molecule has 1 heterocycles. The quantitative estimate of drug-likeness (QED) is 0.753. The summed E-state index contributed by atoms with van der Waals surface area (Å²) in [6, 6.07) is 16.5. The molecule has 0 radical (unpaired) electrons. The Bertz CT molecular complexity index is 690. The SMILES string of the molecule is OC(Cc1ccccc1)c1cc2ccc(F)cc2s1. The summed E-state index contributed by atoms with van der Waals surface area (Å²) in [4.78, 5) is 0.879. The molecule has 1 aromatic heterocycles. The number of hydrogen-bond donors (Lipinski definition) is 1. The number of aliphatic hydroxyl groups is 1. The van der Waals surface area contributed by atoms with Crippen LogP contribution in [-0.4, -0.2) is 5.11 Å². The van der Waals surface area contributed by atoms with E-state index in [1.807, 2.05) is 36.4 Å². The van der Waals surface area contributed by atoms with Crippen molar-refractivity contribution in [3.05, 3.63) is 70.9 Å². The van der Waals surface area contributed by atoms with E-state index in [0.29, 0.717) is 6.42 Å². The maximum absolute atomic E-state index is 13.1. The fraction of sp³-hybridized carbons (Fsp3) is 0.125. The Labute approximate surface area is 115 Å². The standard InChI is InChI=1S/C16H13FOS/c17-13-7-6-12-9-16(19-15(12)10-13)14(18)8-11-4-2-1-3-5-11/h1-7,9-10,14,18H,8H2. The molecule has 3 aromatic rings. The molecule has 0 spiro atoms. The molecule has 3 rings (SSSR count). The fourth-order valence-corrected chi connectivity index (χ4v) is 3.20. The first-order valence-electron chi connectivity index (χ1n) is 6.13. The van der Waals surface area contributed by atoms with Gasteiger partial charge in [-0.2, -0.15) is 0 Å². The van der Waals surface area contributed by atoms with Crippen molar-refractivity contribution in [2.75, 3.05) is 0 Å². The topological polar surface area (TPSA) is 20.2 Å². The van der Waals surface area contributed by atoms with Gasteiger partial charge in [-0.15, -0.1) is 11.3 Å². The first-order valence-corrected chi connectivity index (χ1v) is 6.95. The Morgan fingerprint density at radius 2 is 1.84 bits per heavy atom. The normalized spacial score (nSPS) is 12.7. The van der Waals surface area contributed by atoms with Crippen molar-refractivity contribution >= 4 is 21.4 Å². The monoisotopic (exact) mass is 272 g/mol. The summed E-state index contributed by atoms with van der Waals surface area (Å²) in [5.41, 5.74) is 1.10. The third kappa shape index (κ3) is 2.67. The van der Waals surface area contributed by atoms with E-state index in [1.165, 1.54) is 23.5 Å². The second kappa shape index (κ2) is 5.11. The highest BCUT2D eigenvalue weighted by atomic mass is 32.1. The Balaban J connectivity index is 1.87. The van der Waals surface area contributed by atoms with Crippen LogP contribution < -0.4 is 0 Å². The van der Waals surface area contributed by atoms with Crippen molar-refractivity contribution < 1.29 is 9.50 Å². The molecule has 3 heteroatoms. The largest absolute Gasteiger partial charge is 0.387 e. The second-order valence-electron chi connectivity index (χ2n) is 4.54. The van der Waals surface area contributed by atoms with Crippen molar-refractivity contribution in [1.82, 2.24) is 0 Å². The molecule has 19 heavy (non-hydrogen) atoms. The van der Waals surface area contributed by atoms with Crippen molar-refractivity contribution in [3.63, 3.8) is 0 Å². The summed E-state index contributed by atoms with van der Waals surface area (Å²) in [6.07, 6.45) is 0.0405. The molecular formula is C16H13FOS. The average molecular weight is 272 g/mol. The summed E-state index contributed by atoms with van der Waals surface area (Å²) in [5.74, 6) is -0.238. The van der Waals surface area contributed by atoms with E-state index >= 15 is 0 Å². The minimum absolute atomic E-state index is 0.238. The van der Waals surface area contributed by atoms with Crippen molar-refractivity contribution in [2.45, 2.75) is 12.5 Å². The van der Waals surface area contributed by atoms with Gasteiger partial charge in [0.15, 0.2) is 0 Å². The Kier molecular flexibility index (Phi) is 3.32. The minimum atomic E-state index is -0.539. The number of thiophene rings is 1. The highest BCUT2D eigenvalue weighted by Crippen LogP contribution is 2.31. The summed E-state index contributed by atoms with van der Waals surface area (Å²) >= 11 is 1.45. The van der Waals surface area contributed by atoms with Gasteiger partial charge >= 0.3 is 0 Å². The van der Waals surface area contributed by atoms with E-state index in [9.17, 15) is 9.50 Å². The van der Waals surface area contributed by atoms with Gasteiger partial charge in [0, 0.05) is 16.0 Å². The number of fused-ring (bicyclic) bond motifs is 1. The van der Waals surface area contributed by atoms with Crippen LogP contribution in [0.25, 0.3) is 10.1 Å². The highest BCUT2D eigenvalue weighted by molar-refractivity contribution is 7.19. The van der Waals surface area contributed by atoms with Crippen molar-refractivity contribution in [3.8, 4) is 0 Å². The molecule has 1 unspecified atom stereocenters. The van der Waals surface area contributed by atoms with Crippen LogP contribution in [0, 0.1) is 5.82 Å². The Morgan fingerprint density at radius 1 is 1.05 bits per heavy atom. The van der Waals surface area contributed by atoms with E-state index in [0.717, 1.165) is 20.5 Å². The van der Waals surface area contributed by atoms with E-state index in [-0.39, 0.29) is 5.82 Å². The molecule has 0 aliphatic heterocycles. The van der Waals surface area contributed by atoms with E-state index in [2.05, 4.69) is 0 Å². The van der Waals surface area contributed by atoms with Crippen LogP contribution in [0.2, 0.25) is 0 Å². The molecule has 0 fully saturated rings. The fourth-order valence-electron chi connectivity index (χ4n) is 2.13. The third-order valence-electron chi connectivity index (χ3n) is 3.10. The molecule has 0 bridgehead atoms. The molecule has 1 nitrogen and oxygen atoms in total.